The second-order valence-electron chi connectivity index (χ2n) is 4.19. The largest absolute Gasteiger partial charge is 0.358 e. The van der Waals surface area contributed by atoms with Gasteiger partial charge in [0.15, 0.2) is 0 Å². The molecule has 4 heteroatoms. The normalized spacial score (nSPS) is 19.4. The molecule has 0 saturated carbocycles. The van der Waals surface area contributed by atoms with Crippen LogP contribution < -0.4 is 10.2 Å². The lowest BCUT2D eigenvalue weighted by atomic mass is 10.2. The fourth-order valence-electron chi connectivity index (χ4n) is 2.03. The molecule has 1 aromatic rings. The number of hydrogen-bond acceptors (Lipinski definition) is 4. The molecule has 1 aromatic heterocycles. The Bertz CT molecular complexity index is 390. The van der Waals surface area contributed by atoms with Crippen LogP contribution in [0.1, 0.15) is 18.4 Å². The molecule has 0 radical (unpaired) electrons. The third-order valence-electron chi connectivity index (χ3n) is 2.92. The van der Waals surface area contributed by atoms with Crippen molar-refractivity contribution in [2.75, 3.05) is 25.0 Å². The van der Waals surface area contributed by atoms with Gasteiger partial charge in [0.1, 0.15) is 5.82 Å². The molecule has 0 aromatic carbocycles. The summed E-state index contributed by atoms with van der Waals surface area (Å²) in [5.41, 5.74) is 0.663. The summed E-state index contributed by atoms with van der Waals surface area (Å²) in [5.74, 6) is 0.868. The van der Waals surface area contributed by atoms with Crippen LogP contribution in [0.5, 0.6) is 0 Å². The molecule has 1 aliphatic rings. The Labute approximate surface area is 95.9 Å². The highest BCUT2D eigenvalue weighted by molar-refractivity contribution is 5.44. The van der Waals surface area contributed by atoms with Gasteiger partial charge in [-0.1, -0.05) is 0 Å². The third kappa shape index (κ3) is 2.50. The van der Waals surface area contributed by atoms with Crippen LogP contribution in [-0.2, 0) is 0 Å². The van der Waals surface area contributed by atoms with E-state index in [1.165, 1.54) is 12.8 Å². The topological polar surface area (TPSA) is 52.0 Å². The van der Waals surface area contributed by atoms with Crippen LogP contribution in [0.4, 0.5) is 5.82 Å². The second kappa shape index (κ2) is 4.95. The zero-order valence-electron chi connectivity index (χ0n) is 9.48. The summed E-state index contributed by atoms with van der Waals surface area (Å²) in [4.78, 5) is 6.38. The number of likely N-dealkylation sites (N-methyl/N-ethyl adjacent to an activating group) is 1. The van der Waals surface area contributed by atoms with Crippen LogP contribution in [0.3, 0.4) is 0 Å². The summed E-state index contributed by atoms with van der Waals surface area (Å²) >= 11 is 0. The van der Waals surface area contributed by atoms with Crippen LogP contribution >= 0.6 is 0 Å². The van der Waals surface area contributed by atoms with Crippen molar-refractivity contribution >= 4 is 5.82 Å². The number of aromatic nitrogens is 1. The minimum Gasteiger partial charge on any atom is -0.358 e. The van der Waals surface area contributed by atoms with E-state index in [1.807, 2.05) is 13.1 Å². The van der Waals surface area contributed by atoms with Gasteiger partial charge in [-0.15, -0.1) is 0 Å². The van der Waals surface area contributed by atoms with E-state index in [0.29, 0.717) is 11.6 Å². The van der Waals surface area contributed by atoms with Crippen molar-refractivity contribution in [2.24, 2.45) is 0 Å². The van der Waals surface area contributed by atoms with Crippen molar-refractivity contribution in [3.05, 3.63) is 23.9 Å². The van der Waals surface area contributed by atoms with E-state index in [2.05, 4.69) is 21.3 Å². The van der Waals surface area contributed by atoms with Gasteiger partial charge in [-0.2, -0.15) is 5.26 Å². The average Bonchev–Trinajstić information content (AvgIpc) is 2.82. The first-order chi connectivity index (χ1) is 7.79. The summed E-state index contributed by atoms with van der Waals surface area (Å²) in [5, 5.41) is 12.3. The highest BCUT2D eigenvalue weighted by atomic mass is 15.2. The lowest BCUT2D eigenvalue weighted by Gasteiger charge is -2.22. The molecule has 0 bridgehead atoms. The van der Waals surface area contributed by atoms with Gasteiger partial charge in [0.05, 0.1) is 11.6 Å². The monoisotopic (exact) mass is 216 g/mol. The fraction of sp³-hybridized carbons (Fsp3) is 0.500. The van der Waals surface area contributed by atoms with E-state index in [0.717, 1.165) is 18.9 Å². The lowest BCUT2D eigenvalue weighted by molar-refractivity contribution is 0.597. The number of anilines is 1. The van der Waals surface area contributed by atoms with Crippen LogP contribution in [0.15, 0.2) is 18.3 Å². The zero-order chi connectivity index (χ0) is 11.4. The Morgan fingerprint density at radius 3 is 3.25 bits per heavy atom. The predicted octanol–water partition coefficient (Wildman–Crippen LogP) is 1.14. The molecular weight excluding hydrogens is 200 g/mol. The first-order valence-corrected chi connectivity index (χ1v) is 5.60. The average molecular weight is 216 g/mol. The molecule has 2 heterocycles. The van der Waals surface area contributed by atoms with Crippen molar-refractivity contribution in [3.8, 4) is 6.07 Å². The van der Waals surface area contributed by atoms with Crippen LogP contribution in [0.25, 0.3) is 0 Å². The van der Waals surface area contributed by atoms with Gasteiger partial charge in [-0.25, -0.2) is 4.98 Å². The molecule has 16 heavy (non-hydrogen) atoms. The molecule has 1 unspecified atom stereocenters. The van der Waals surface area contributed by atoms with E-state index in [9.17, 15) is 0 Å². The molecule has 1 saturated heterocycles. The highest BCUT2D eigenvalue weighted by Gasteiger charge is 2.16. The van der Waals surface area contributed by atoms with Gasteiger partial charge >= 0.3 is 0 Å². The van der Waals surface area contributed by atoms with Gasteiger partial charge in [0.25, 0.3) is 0 Å². The first kappa shape index (κ1) is 10.9. The molecule has 0 amide bonds. The molecule has 1 N–H and O–H groups in total. The summed E-state index contributed by atoms with van der Waals surface area (Å²) in [6, 6.07) is 6.24. The van der Waals surface area contributed by atoms with Crippen molar-refractivity contribution in [2.45, 2.75) is 18.9 Å². The molecule has 84 valence electrons. The molecule has 1 atom stereocenters. The molecule has 1 fully saturated rings. The number of rotatable bonds is 3. The SMILES string of the molecule is CN(CC1CCCN1)c1cc(C#N)ccn1. The Morgan fingerprint density at radius 1 is 1.69 bits per heavy atom. The predicted molar refractivity (Wildman–Crippen MR) is 63.2 cm³/mol. The Hall–Kier alpha value is -1.60. The van der Waals surface area contributed by atoms with Crippen LogP contribution in [-0.4, -0.2) is 31.2 Å². The van der Waals surface area contributed by atoms with E-state index >= 15 is 0 Å². The van der Waals surface area contributed by atoms with Crippen molar-refractivity contribution < 1.29 is 0 Å². The second-order valence-corrected chi connectivity index (χ2v) is 4.19. The zero-order valence-corrected chi connectivity index (χ0v) is 9.48. The van der Waals surface area contributed by atoms with Gasteiger partial charge in [0.2, 0.25) is 0 Å². The van der Waals surface area contributed by atoms with Crippen molar-refractivity contribution in [3.63, 3.8) is 0 Å². The fourth-order valence-corrected chi connectivity index (χ4v) is 2.03. The third-order valence-corrected chi connectivity index (χ3v) is 2.92. The number of nitrogens with one attached hydrogen (secondary N) is 1. The molecular formula is C12H16N4. The minimum atomic E-state index is 0.553. The smallest absolute Gasteiger partial charge is 0.129 e. The number of pyridine rings is 1. The quantitative estimate of drug-likeness (QED) is 0.823. The van der Waals surface area contributed by atoms with Gasteiger partial charge in [0, 0.05) is 25.8 Å². The van der Waals surface area contributed by atoms with Crippen LogP contribution in [0.2, 0.25) is 0 Å². The van der Waals surface area contributed by atoms with Gasteiger partial charge in [-0.3, -0.25) is 0 Å². The maximum Gasteiger partial charge on any atom is 0.129 e. The minimum absolute atomic E-state index is 0.553. The summed E-state index contributed by atoms with van der Waals surface area (Å²) < 4.78 is 0. The van der Waals surface area contributed by atoms with E-state index in [4.69, 9.17) is 5.26 Å². The summed E-state index contributed by atoms with van der Waals surface area (Å²) in [6.45, 7) is 2.06. The van der Waals surface area contributed by atoms with E-state index in [1.54, 1.807) is 12.3 Å². The van der Waals surface area contributed by atoms with Crippen LogP contribution in [0, 0.1) is 11.3 Å². The van der Waals surface area contributed by atoms with E-state index < -0.39 is 0 Å². The molecule has 0 spiro atoms. The summed E-state index contributed by atoms with van der Waals surface area (Å²) in [6.07, 6.45) is 4.17. The van der Waals surface area contributed by atoms with Gasteiger partial charge in [-0.05, 0) is 31.5 Å². The standard InChI is InChI=1S/C12H16N4/c1-16(9-11-3-2-5-14-11)12-7-10(8-13)4-6-15-12/h4,6-7,11,14H,2-3,5,9H2,1H3. The Morgan fingerprint density at radius 2 is 2.56 bits per heavy atom. The number of nitrogens with zero attached hydrogens (tertiary/aromatic N) is 3. The van der Waals surface area contributed by atoms with Crippen molar-refractivity contribution in [1.82, 2.24) is 10.3 Å². The van der Waals surface area contributed by atoms with E-state index in [-0.39, 0.29) is 0 Å². The maximum absolute atomic E-state index is 8.82. The first-order valence-electron chi connectivity index (χ1n) is 5.60. The lowest BCUT2D eigenvalue weighted by Crippen LogP contribution is -2.35. The Kier molecular flexibility index (Phi) is 3.37. The molecule has 2 rings (SSSR count). The maximum atomic E-state index is 8.82. The Balaban J connectivity index is 2.02. The highest BCUT2D eigenvalue weighted by Crippen LogP contribution is 2.13. The molecule has 4 nitrogen and oxygen atoms in total. The molecule has 1 aliphatic heterocycles. The van der Waals surface area contributed by atoms with Crippen molar-refractivity contribution in [1.29, 1.82) is 5.26 Å². The number of nitriles is 1. The van der Waals surface area contributed by atoms with Gasteiger partial charge < -0.3 is 10.2 Å². The number of hydrogen-bond donors (Lipinski definition) is 1. The molecule has 0 aliphatic carbocycles. The summed E-state index contributed by atoms with van der Waals surface area (Å²) in [7, 11) is 2.02.